The molecule has 1 aromatic carbocycles. The fraction of sp³-hybridized carbons (Fsp3) is 0.333. The third-order valence-corrected chi connectivity index (χ3v) is 6.26. The predicted molar refractivity (Wildman–Crippen MR) is 114 cm³/mol. The Balaban J connectivity index is 1.88. The molecule has 2 N–H and O–H groups in total. The molecule has 32 heavy (non-hydrogen) atoms. The molecule has 2 aromatic heterocycles. The molecule has 0 spiro atoms. The molecule has 1 saturated heterocycles. The van der Waals surface area contributed by atoms with E-state index < -0.39 is 17.6 Å². The number of pyridine rings is 1. The van der Waals surface area contributed by atoms with Crippen LogP contribution < -0.4 is 15.2 Å². The molecule has 11 heteroatoms. The molecule has 1 aliphatic heterocycles. The number of nitrogen functional groups attached to an aromatic ring is 1. The molecule has 7 nitrogen and oxygen atoms in total. The molecule has 4 rings (SSSR count). The highest BCUT2D eigenvalue weighted by molar-refractivity contribution is 7.21. The van der Waals surface area contributed by atoms with Gasteiger partial charge in [-0.3, -0.25) is 4.79 Å². The van der Waals surface area contributed by atoms with Crippen molar-refractivity contribution in [3.63, 3.8) is 0 Å². The Hall–Kier alpha value is -3.05. The predicted octanol–water partition coefficient (Wildman–Crippen LogP) is 4.05. The summed E-state index contributed by atoms with van der Waals surface area (Å²) in [5.74, 6) is 0.371. The lowest BCUT2D eigenvalue weighted by Crippen LogP contribution is -2.40. The van der Waals surface area contributed by atoms with E-state index in [4.69, 9.17) is 19.9 Å². The number of nitrogens with zero attached hydrogens (tertiary/aromatic N) is 2. The van der Waals surface area contributed by atoms with Gasteiger partial charge in [-0.05, 0) is 24.3 Å². The van der Waals surface area contributed by atoms with Crippen LogP contribution >= 0.6 is 11.3 Å². The first-order valence-corrected chi connectivity index (χ1v) is 10.5. The average Bonchev–Trinajstić information content (AvgIpc) is 3.13. The number of alkyl halides is 3. The van der Waals surface area contributed by atoms with Crippen LogP contribution in [0.1, 0.15) is 15.2 Å². The summed E-state index contributed by atoms with van der Waals surface area (Å²) >= 11 is 0.858. The van der Waals surface area contributed by atoms with Gasteiger partial charge in [0.2, 0.25) is 0 Å². The van der Waals surface area contributed by atoms with Gasteiger partial charge in [-0.1, -0.05) is 0 Å². The van der Waals surface area contributed by atoms with Gasteiger partial charge in [-0.15, -0.1) is 11.3 Å². The Labute approximate surface area is 185 Å². The Kier molecular flexibility index (Phi) is 5.87. The molecule has 1 amide bonds. The highest BCUT2D eigenvalue weighted by atomic mass is 32.1. The van der Waals surface area contributed by atoms with Crippen LogP contribution in [0.5, 0.6) is 11.5 Å². The van der Waals surface area contributed by atoms with Crippen LogP contribution in [0.4, 0.5) is 18.9 Å². The van der Waals surface area contributed by atoms with Crippen LogP contribution in [0.3, 0.4) is 0 Å². The number of hydrogen-bond donors (Lipinski definition) is 1. The summed E-state index contributed by atoms with van der Waals surface area (Å²) in [5.41, 5.74) is 5.41. The van der Waals surface area contributed by atoms with E-state index >= 15 is 0 Å². The Morgan fingerprint density at radius 1 is 1.16 bits per heavy atom. The first kappa shape index (κ1) is 22.2. The van der Waals surface area contributed by atoms with Crippen LogP contribution in [0, 0.1) is 0 Å². The molecule has 0 atom stereocenters. The summed E-state index contributed by atoms with van der Waals surface area (Å²) in [4.78, 5) is 18.9. The largest absolute Gasteiger partial charge is 0.493 e. The maximum atomic E-state index is 14.0. The standard InChI is InChI=1S/C21H20F3N3O4S/c1-29-14-4-3-11(9-15(14)30-2)13-10-12(21(22,23)24)16-17(25)18(32-19(16)26-13)20(28)27-5-7-31-8-6-27/h3-4,9-10H,5-8,25H2,1-2H3. The summed E-state index contributed by atoms with van der Waals surface area (Å²) in [6.07, 6.45) is -4.69. The van der Waals surface area contributed by atoms with Gasteiger partial charge >= 0.3 is 6.18 Å². The molecule has 0 saturated carbocycles. The van der Waals surface area contributed by atoms with Crippen molar-refractivity contribution < 1.29 is 32.2 Å². The second-order valence-electron chi connectivity index (χ2n) is 7.05. The molecule has 170 valence electrons. The first-order valence-electron chi connectivity index (χ1n) is 9.64. The highest BCUT2D eigenvalue weighted by Gasteiger charge is 2.37. The lowest BCUT2D eigenvalue weighted by Gasteiger charge is -2.26. The third kappa shape index (κ3) is 3.93. The molecule has 0 aliphatic carbocycles. The SMILES string of the molecule is COc1ccc(-c2cc(C(F)(F)F)c3c(N)c(C(=O)N4CCOCC4)sc3n2)cc1OC. The fourth-order valence-corrected chi connectivity index (χ4v) is 4.64. The van der Waals surface area contributed by atoms with E-state index in [1.54, 1.807) is 18.2 Å². The van der Waals surface area contributed by atoms with Crippen molar-refractivity contribution in [1.82, 2.24) is 9.88 Å². The summed E-state index contributed by atoms with van der Waals surface area (Å²) in [5, 5.41) is -0.261. The summed E-state index contributed by atoms with van der Waals surface area (Å²) < 4.78 is 57.6. The van der Waals surface area contributed by atoms with E-state index in [1.165, 1.54) is 19.1 Å². The van der Waals surface area contributed by atoms with Crippen molar-refractivity contribution in [3.8, 4) is 22.8 Å². The van der Waals surface area contributed by atoms with Crippen molar-refractivity contribution in [2.75, 3.05) is 46.3 Å². The van der Waals surface area contributed by atoms with E-state index in [1.807, 2.05) is 0 Å². The van der Waals surface area contributed by atoms with Crippen LogP contribution in [0.15, 0.2) is 24.3 Å². The highest BCUT2D eigenvalue weighted by Crippen LogP contribution is 2.44. The monoisotopic (exact) mass is 467 g/mol. The van der Waals surface area contributed by atoms with Crippen molar-refractivity contribution in [1.29, 1.82) is 0 Å². The van der Waals surface area contributed by atoms with Crippen molar-refractivity contribution in [2.45, 2.75) is 6.18 Å². The fourth-order valence-electron chi connectivity index (χ4n) is 3.56. The van der Waals surface area contributed by atoms with Crippen LogP contribution in [-0.2, 0) is 10.9 Å². The zero-order chi connectivity index (χ0) is 23.0. The van der Waals surface area contributed by atoms with Crippen LogP contribution in [-0.4, -0.2) is 56.3 Å². The van der Waals surface area contributed by atoms with Gasteiger partial charge < -0.3 is 24.8 Å². The van der Waals surface area contributed by atoms with Gasteiger partial charge in [0.05, 0.1) is 44.4 Å². The summed E-state index contributed by atoms with van der Waals surface area (Å²) in [6.45, 7) is 1.43. The number of amides is 1. The van der Waals surface area contributed by atoms with E-state index in [9.17, 15) is 18.0 Å². The maximum Gasteiger partial charge on any atom is 0.417 e. The number of rotatable bonds is 4. The molecular weight excluding hydrogens is 447 g/mol. The molecular formula is C21H20F3N3O4S. The van der Waals surface area contributed by atoms with Crippen molar-refractivity contribution >= 4 is 33.1 Å². The Morgan fingerprint density at radius 2 is 1.84 bits per heavy atom. The lowest BCUT2D eigenvalue weighted by molar-refractivity contribution is -0.136. The van der Waals surface area contributed by atoms with Gasteiger partial charge in [-0.25, -0.2) is 4.98 Å². The quantitative estimate of drug-likeness (QED) is 0.623. The second kappa shape index (κ2) is 8.47. The number of fused-ring (bicyclic) bond motifs is 1. The minimum Gasteiger partial charge on any atom is -0.493 e. The lowest BCUT2D eigenvalue weighted by atomic mass is 10.0. The number of thiophene rings is 1. The van der Waals surface area contributed by atoms with Crippen molar-refractivity contribution in [2.24, 2.45) is 0 Å². The van der Waals surface area contributed by atoms with E-state index in [2.05, 4.69) is 4.98 Å². The number of anilines is 1. The first-order chi connectivity index (χ1) is 15.2. The number of methoxy groups -OCH3 is 2. The second-order valence-corrected chi connectivity index (χ2v) is 8.05. The summed E-state index contributed by atoms with van der Waals surface area (Å²) in [7, 11) is 2.90. The Bertz CT molecular complexity index is 1170. The van der Waals surface area contributed by atoms with Crippen LogP contribution in [0.2, 0.25) is 0 Å². The third-order valence-electron chi connectivity index (χ3n) is 5.18. The molecule has 3 heterocycles. The minimum atomic E-state index is -4.69. The van der Waals surface area contributed by atoms with E-state index in [0.717, 1.165) is 17.4 Å². The number of halogens is 3. The van der Waals surface area contributed by atoms with Gasteiger partial charge in [0, 0.05) is 24.0 Å². The smallest absolute Gasteiger partial charge is 0.417 e. The molecule has 1 fully saturated rings. The number of morpholine rings is 1. The van der Waals surface area contributed by atoms with Crippen molar-refractivity contribution in [3.05, 3.63) is 34.7 Å². The number of aromatic nitrogens is 1. The Morgan fingerprint density at radius 3 is 2.47 bits per heavy atom. The van der Waals surface area contributed by atoms with Crippen LogP contribution in [0.25, 0.3) is 21.5 Å². The summed E-state index contributed by atoms with van der Waals surface area (Å²) in [6, 6.07) is 5.66. The normalized spacial score (nSPS) is 14.6. The number of ether oxygens (including phenoxy) is 3. The number of benzene rings is 1. The van der Waals surface area contributed by atoms with Gasteiger partial charge in [0.1, 0.15) is 9.71 Å². The maximum absolute atomic E-state index is 14.0. The van der Waals surface area contributed by atoms with Gasteiger partial charge in [0.25, 0.3) is 5.91 Å². The molecule has 0 unspecified atom stereocenters. The zero-order valence-electron chi connectivity index (χ0n) is 17.3. The van der Waals surface area contributed by atoms with E-state index in [-0.39, 0.29) is 26.5 Å². The molecule has 3 aromatic rings. The topological polar surface area (TPSA) is 86.9 Å². The van der Waals surface area contributed by atoms with E-state index in [0.29, 0.717) is 43.4 Å². The van der Waals surface area contributed by atoms with Gasteiger partial charge in [0.15, 0.2) is 11.5 Å². The minimum absolute atomic E-state index is 0.0405. The number of nitrogens with two attached hydrogens (primary N) is 1. The van der Waals surface area contributed by atoms with Gasteiger partial charge in [-0.2, -0.15) is 13.2 Å². The molecule has 1 aliphatic rings. The number of hydrogen-bond acceptors (Lipinski definition) is 7. The zero-order valence-corrected chi connectivity index (χ0v) is 18.1. The number of carbonyl (C=O) groups excluding carboxylic acids is 1. The molecule has 0 bridgehead atoms. The number of carbonyl (C=O) groups is 1. The average molecular weight is 467 g/mol. The molecule has 0 radical (unpaired) electrons.